The van der Waals surface area contributed by atoms with Gasteiger partial charge in [-0.15, -0.1) is 11.3 Å². The van der Waals surface area contributed by atoms with Gasteiger partial charge in [-0.2, -0.15) is 0 Å². The summed E-state index contributed by atoms with van der Waals surface area (Å²) in [5.74, 6) is -0.309. The first kappa shape index (κ1) is 26.9. The predicted octanol–water partition coefficient (Wildman–Crippen LogP) is 6.76. The third-order valence-electron chi connectivity index (χ3n) is 5.65. The van der Waals surface area contributed by atoms with Gasteiger partial charge < -0.3 is 23.9 Å². The van der Waals surface area contributed by atoms with Crippen molar-refractivity contribution in [3.8, 4) is 16.4 Å². The normalized spacial score (nSPS) is 11.7. The maximum atomic E-state index is 12.6. The highest BCUT2D eigenvalue weighted by atomic mass is 32.1. The molecule has 2 heterocycles. The molecule has 8 nitrogen and oxygen atoms in total. The van der Waals surface area contributed by atoms with E-state index in [1.165, 1.54) is 0 Å². The molecule has 9 heteroatoms. The Kier molecular flexibility index (Phi) is 8.81. The lowest BCUT2D eigenvalue weighted by atomic mass is 10.1. The number of para-hydroxylation sites is 1. The number of esters is 2. The minimum Gasteiger partial charge on any atom is -0.482 e. The van der Waals surface area contributed by atoms with Crippen LogP contribution in [0.3, 0.4) is 0 Å². The minimum absolute atomic E-state index is 0.0564. The molecule has 0 bridgehead atoms. The second-order valence-electron chi connectivity index (χ2n) is 8.38. The van der Waals surface area contributed by atoms with Crippen molar-refractivity contribution in [2.24, 2.45) is 0 Å². The summed E-state index contributed by atoms with van der Waals surface area (Å²) in [6, 6.07) is 19.1. The maximum Gasteiger partial charge on any atom is 0.350 e. The summed E-state index contributed by atoms with van der Waals surface area (Å²) in [5, 5.41) is 3.56. The largest absolute Gasteiger partial charge is 0.482 e. The van der Waals surface area contributed by atoms with E-state index in [1.807, 2.05) is 61.5 Å². The smallest absolute Gasteiger partial charge is 0.350 e. The minimum atomic E-state index is -0.554. The fourth-order valence-electron chi connectivity index (χ4n) is 3.85. The monoisotopic (exact) mass is 535 g/mol. The Morgan fingerprint density at radius 3 is 2.45 bits per heavy atom. The molecule has 0 saturated heterocycles. The first-order valence-electron chi connectivity index (χ1n) is 12.4. The van der Waals surface area contributed by atoms with Gasteiger partial charge in [0.1, 0.15) is 16.7 Å². The van der Waals surface area contributed by atoms with Crippen molar-refractivity contribution < 1.29 is 33.0 Å². The number of benzene rings is 2. The number of hydrogen-bond acceptors (Lipinski definition) is 8. The van der Waals surface area contributed by atoms with Crippen LogP contribution in [0.25, 0.3) is 21.6 Å². The molecule has 1 unspecified atom stereocenters. The van der Waals surface area contributed by atoms with E-state index in [1.54, 1.807) is 19.9 Å². The summed E-state index contributed by atoms with van der Waals surface area (Å²) >= 11 is 1.15. The van der Waals surface area contributed by atoms with E-state index < -0.39 is 17.8 Å². The van der Waals surface area contributed by atoms with Crippen molar-refractivity contribution in [1.29, 1.82) is 0 Å². The van der Waals surface area contributed by atoms with Crippen LogP contribution in [0.4, 0.5) is 5.69 Å². The van der Waals surface area contributed by atoms with E-state index >= 15 is 0 Å². The number of ether oxygens (including phenoxy) is 3. The van der Waals surface area contributed by atoms with Crippen molar-refractivity contribution in [1.82, 2.24) is 0 Å². The van der Waals surface area contributed by atoms with E-state index in [2.05, 4.69) is 5.32 Å². The van der Waals surface area contributed by atoms with Crippen LogP contribution in [-0.2, 0) is 19.1 Å². The van der Waals surface area contributed by atoms with Crippen molar-refractivity contribution in [2.45, 2.75) is 39.7 Å². The number of fused-ring (bicyclic) bond motifs is 1. The summed E-state index contributed by atoms with van der Waals surface area (Å²) in [6.07, 6.45) is -0.319. The molecule has 0 saturated carbocycles. The molecule has 0 aliphatic carbocycles. The zero-order valence-electron chi connectivity index (χ0n) is 21.4. The number of carbonyl (C=O) groups excluding carboxylic acids is 3. The molecule has 1 N–H and O–H groups in total. The van der Waals surface area contributed by atoms with Crippen molar-refractivity contribution in [3.63, 3.8) is 0 Å². The molecule has 0 radical (unpaired) electrons. The number of thiophene rings is 1. The number of rotatable bonds is 11. The quantitative estimate of drug-likeness (QED) is 0.212. The van der Waals surface area contributed by atoms with Gasteiger partial charge in [-0.1, -0.05) is 42.5 Å². The van der Waals surface area contributed by atoms with Gasteiger partial charge in [-0.25, -0.2) is 4.79 Å². The average molecular weight is 536 g/mol. The molecule has 4 aromatic rings. The fourth-order valence-corrected chi connectivity index (χ4v) is 4.81. The Bertz CT molecular complexity index is 1420. The lowest BCUT2D eigenvalue weighted by Gasteiger charge is -2.15. The first-order valence-corrected chi connectivity index (χ1v) is 13.2. The van der Waals surface area contributed by atoms with Crippen LogP contribution < -0.4 is 10.1 Å². The van der Waals surface area contributed by atoms with Gasteiger partial charge in [0.2, 0.25) is 5.91 Å². The van der Waals surface area contributed by atoms with E-state index in [4.69, 9.17) is 18.6 Å². The standard InChI is InChI=1S/C29H29NO7S/c1-4-34-26(32)15-14-25(31)30-21-17-24(38-28(21)29(33)35-5-2)23-16-20-12-9-13-22(27(20)37-23)36-18(3)19-10-7-6-8-11-19/h6-13,16-18H,4-5,14-15H2,1-3H3,(H,30,31). The number of nitrogens with one attached hydrogen (secondary N) is 1. The van der Waals surface area contributed by atoms with Crippen molar-refractivity contribution in [2.75, 3.05) is 18.5 Å². The Hall–Kier alpha value is -4.11. The molecule has 1 atom stereocenters. The van der Waals surface area contributed by atoms with Crippen LogP contribution in [0.5, 0.6) is 5.75 Å². The predicted molar refractivity (Wildman–Crippen MR) is 145 cm³/mol. The third kappa shape index (κ3) is 6.41. The number of hydrogen-bond donors (Lipinski definition) is 1. The Morgan fingerprint density at radius 2 is 1.71 bits per heavy atom. The summed E-state index contributed by atoms with van der Waals surface area (Å²) in [7, 11) is 0. The maximum absolute atomic E-state index is 12.6. The summed E-state index contributed by atoms with van der Waals surface area (Å²) in [5.41, 5.74) is 1.92. The zero-order valence-corrected chi connectivity index (χ0v) is 22.3. The number of carbonyl (C=O) groups is 3. The van der Waals surface area contributed by atoms with E-state index in [0.29, 0.717) is 27.7 Å². The van der Waals surface area contributed by atoms with Gasteiger partial charge >= 0.3 is 11.9 Å². The van der Waals surface area contributed by atoms with Gasteiger partial charge in [0.15, 0.2) is 11.3 Å². The zero-order chi connectivity index (χ0) is 27.1. The lowest BCUT2D eigenvalue weighted by Crippen LogP contribution is -2.16. The lowest BCUT2D eigenvalue weighted by molar-refractivity contribution is -0.144. The highest BCUT2D eigenvalue weighted by molar-refractivity contribution is 7.18. The number of anilines is 1. The van der Waals surface area contributed by atoms with Crippen molar-refractivity contribution in [3.05, 3.63) is 71.1 Å². The molecule has 2 aromatic carbocycles. The second kappa shape index (κ2) is 12.4. The molecule has 0 aliphatic rings. The van der Waals surface area contributed by atoms with E-state index in [-0.39, 0.29) is 37.0 Å². The van der Waals surface area contributed by atoms with Crippen LogP contribution in [0.1, 0.15) is 55.0 Å². The van der Waals surface area contributed by atoms with Crippen LogP contribution in [0.2, 0.25) is 0 Å². The molecule has 38 heavy (non-hydrogen) atoms. The Morgan fingerprint density at radius 1 is 0.947 bits per heavy atom. The van der Waals surface area contributed by atoms with Gasteiger partial charge in [0, 0.05) is 11.8 Å². The van der Waals surface area contributed by atoms with Crippen LogP contribution in [0.15, 0.2) is 65.1 Å². The fraction of sp³-hybridized carbons (Fsp3) is 0.276. The molecule has 1 amide bonds. The molecule has 2 aromatic heterocycles. The second-order valence-corrected chi connectivity index (χ2v) is 9.44. The van der Waals surface area contributed by atoms with E-state index in [0.717, 1.165) is 22.3 Å². The van der Waals surface area contributed by atoms with E-state index in [9.17, 15) is 14.4 Å². The summed E-state index contributed by atoms with van der Waals surface area (Å²) in [4.78, 5) is 37.6. The van der Waals surface area contributed by atoms with Gasteiger partial charge in [-0.3, -0.25) is 9.59 Å². The van der Waals surface area contributed by atoms with Gasteiger partial charge in [0.05, 0.1) is 30.2 Å². The van der Waals surface area contributed by atoms with Crippen molar-refractivity contribution >= 4 is 45.8 Å². The Balaban J connectivity index is 1.60. The summed E-state index contributed by atoms with van der Waals surface area (Å²) in [6.45, 7) is 5.82. The Labute approximate surface area is 224 Å². The molecular formula is C29H29NO7S. The topological polar surface area (TPSA) is 104 Å². The molecule has 0 spiro atoms. The molecule has 198 valence electrons. The molecule has 0 fully saturated rings. The van der Waals surface area contributed by atoms with Crippen LogP contribution in [0, 0.1) is 0 Å². The van der Waals surface area contributed by atoms with Gasteiger partial charge in [-0.05, 0) is 44.5 Å². The van der Waals surface area contributed by atoms with Crippen LogP contribution >= 0.6 is 11.3 Å². The third-order valence-corrected chi connectivity index (χ3v) is 6.78. The molecular weight excluding hydrogens is 506 g/mol. The average Bonchev–Trinajstić information content (AvgIpc) is 3.53. The first-order chi connectivity index (χ1) is 18.4. The summed E-state index contributed by atoms with van der Waals surface area (Å²) < 4.78 is 22.5. The van der Waals surface area contributed by atoms with Crippen LogP contribution in [-0.4, -0.2) is 31.1 Å². The highest BCUT2D eigenvalue weighted by Gasteiger charge is 2.23. The highest BCUT2D eigenvalue weighted by Crippen LogP contribution is 2.40. The SMILES string of the molecule is CCOC(=O)CCC(=O)Nc1cc(-c2cc3cccc(OC(C)c4ccccc4)c3o2)sc1C(=O)OCC. The number of furan rings is 1. The molecule has 0 aliphatic heterocycles. The molecule has 4 rings (SSSR count). The number of amides is 1. The van der Waals surface area contributed by atoms with Gasteiger partial charge in [0.25, 0.3) is 0 Å².